The fourth-order valence-electron chi connectivity index (χ4n) is 3.05. The second-order valence-corrected chi connectivity index (χ2v) is 9.40. The summed E-state index contributed by atoms with van der Waals surface area (Å²) in [7, 11) is 0. The third-order valence-electron chi connectivity index (χ3n) is 4.47. The van der Waals surface area contributed by atoms with E-state index < -0.39 is 0 Å². The minimum absolute atomic E-state index is 1.09. The quantitative estimate of drug-likeness (QED) is 0.209. The van der Waals surface area contributed by atoms with E-state index in [4.69, 9.17) is 0 Å². The molecule has 4 aromatic rings. The van der Waals surface area contributed by atoms with Crippen molar-refractivity contribution in [2.24, 2.45) is 0 Å². The van der Waals surface area contributed by atoms with Crippen molar-refractivity contribution in [2.75, 3.05) is 0 Å². The molecule has 0 bridgehead atoms. The van der Waals surface area contributed by atoms with Crippen LogP contribution in [0.2, 0.25) is 0 Å². The Morgan fingerprint density at radius 3 is 1.04 bits per heavy atom. The lowest BCUT2D eigenvalue weighted by atomic mass is 9.93. The Morgan fingerprint density at radius 2 is 0.704 bits per heavy atom. The molecule has 0 unspecified atom stereocenters. The van der Waals surface area contributed by atoms with Crippen molar-refractivity contribution >= 4 is 54.5 Å². The van der Waals surface area contributed by atoms with Crippen molar-refractivity contribution in [3.05, 3.63) is 104 Å². The van der Waals surface area contributed by atoms with Gasteiger partial charge in [-0.15, -0.1) is 0 Å². The normalized spacial score (nSPS) is 10.8. The molecule has 0 saturated carbocycles. The van der Waals surface area contributed by atoms with E-state index in [2.05, 4.69) is 145 Å². The SMILES string of the molecule is Brc1ccc(-c2cc(-c3ccc(Br)cc3)cc(-c3ccc(I)cc3)c2)cc1. The first-order chi connectivity index (χ1) is 13.1. The van der Waals surface area contributed by atoms with E-state index >= 15 is 0 Å². The van der Waals surface area contributed by atoms with Crippen LogP contribution in [0.4, 0.5) is 0 Å². The molecule has 27 heavy (non-hydrogen) atoms. The minimum Gasteiger partial charge on any atom is -0.0533 e. The van der Waals surface area contributed by atoms with Crippen LogP contribution in [0.3, 0.4) is 0 Å². The Balaban J connectivity index is 1.89. The molecular weight excluding hydrogens is 575 g/mol. The molecule has 0 aromatic heterocycles. The van der Waals surface area contributed by atoms with E-state index in [0.717, 1.165) is 8.95 Å². The summed E-state index contributed by atoms with van der Waals surface area (Å²) in [5.74, 6) is 0. The maximum absolute atomic E-state index is 3.53. The predicted molar refractivity (Wildman–Crippen MR) is 131 cm³/mol. The van der Waals surface area contributed by atoms with Crippen molar-refractivity contribution in [2.45, 2.75) is 0 Å². The molecule has 0 nitrogen and oxygen atoms in total. The van der Waals surface area contributed by atoms with Gasteiger partial charge >= 0.3 is 0 Å². The molecule has 0 fully saturated rings. The molecule has 0 amide bonds. The van der Waals surface area contributed by atoms with Gasteiger partial charge in [0, 0.05) is 12.5 Å². The second kappa shape index (κ2) is 8.29. The zero-order valence-corrected chi connectivity index (χ0v) is 19.6. The summed E-state index contributed by atoms with van der Waals surface area (Å²) in [5, 5.41) is 0. The molecule has 4 aromatic carbocycles. The summed E-state index contributed by atoms with van der Waals surface area (Å²) in [6.45, 7) is 0. The fraction of sp³-hybridized carbons (Fsp3) is 0. The molecule has 0 heterocycles. The molecule has 132 valence electrons. The van der Waals surface area contributed by atoms with Gasteiger partial charge in [-0.25, -0.2) is 0 Å². The van der Waals surface area contributed by atoms with Crippen molar-refractivity contribution < 1.29 is 0 Å². The number of hydrogen-bond acceptors (Lipinski definition) is 0. The lowest BCUT2D eigenvalue weighted by Gasteiger charge is -2.12. The zero-order chi connectivity index (χ0) is 18.8. The first kappa shape index (κ1) is 18.9. The predicted octanol–water partition coefficient (Wildman–Crippen LogP) is 8.82. The smallest absolute Gasteiger partial charge is 0.0175 e. The highest BCUT2D eigenvalue weighted by molar-refractivity contribution is 14.1. The Morgan fingerprint density at radius 1 is 0.407 bits per heavy atom. The monoisotopic (exact) mass is 588 g/mol. The molecule has 0 atom stereocenters. The highest BCUT2D eigenvalue weighted by atomic mass is 127. The maximum Gasteiger partial charge on any atom is 0.0175 e. The lowest BCUT2D eigenvalue weighted by molar-refractivity contribution is 1.54. The Kier molecular flexibility index (Phi) is 5.81. The van der Waals surface area contributed by atoms with E-state index in [-0.39, 0.29) is 0 Å². The Labute approximate surface area is 190 Å². The van der Waals surface area contributed by atoms with E-state index in [9.17, 15) is 0 Å². The molecule has 0 radical (unpaired) electrons. The van der Waals surface area contributed by atoms with Crippen LogP contribution in [0.5, 0.6) is 0 Å². The van der Waals surface area contributed by atoms with Gasteiger partial charge in [0.25, 0.3) is 0 Å². The van der Waals surface area contributed by atoms with E-state index in [0.29, 0.717) is 0 Å². The summed E-state index contributed by atoms with van der Waals surface area (Å²) in [6, 6.07) is 32.5. The highest BCUT2D eigenvalue weighted by Crippen LogP contribution is 2.34. The number of hydrogen-bond donors (Lipinski definition) is 0. The van der Waals surface area contributed by atoms with Crippen LogP contribution >= 0.6 is 54.5 Å². The van der Waals surface area contributed by atoms with E-state index in [1.807, 2.05) is 0 Å². The molecule has 0 spiro atoms. The minimum atomic E-state index is 1.09. The standard InChI is InChI=1S/C24H15Br2I/c25-22-7-1-16(2-8-22)19-13-20(17-3-9-23(26)10-4-17)15-21(14-19)18-5-11-24(27)12-6-18/h1-15H. The second-order valence-electron chi connectivity index (χ2n) is 6.32. The van der Waals surface area contributed by atoms with Crippen molar-refractivity contribution in [3.63, 3.8) is 0 Å². The van der Waals surface area contributed by atoms with Crippen LogP contribution in [0, 0.1) is 3.57 Å². The van der Waals surface area contributed by atoms with Gasteiger partial charge in [-0.2, -0.15) is 0 Å². The summed E-state index contributed by atoms with van der Waals surface area (Å²) in [4.78, 5) is 0. The fourth-order valence-corrected chi connectivity index (χ4v) is 3.94. The van der Waals surface area contributed by atoms with E-state index in [1.165, 1.54) is 37.0 Å². The summed E-state index contributed by atoms with van der Waals surface area (Å²) < 4.78 is 3.43. The van der Waals surface area contributed by atoms with Crippen molar-refractivity contribution in [1.82, 2.24) is 0 Å². The van der Waals surface area contributed by atoms with Gasteiger partial charge in [0.2, 0.25) is 0 Å². The van der Waals surface area contributed by atoms with Gasteiger partial charge in [-0.05, 0) is 111 Å². The molecule has 4 rings (SSSR count). The summed E-state index contributed by atoms with van der Waals surface area (Å²) >= 11 is 9.40. The number of halogens is 3. The van der Waals surface area contributed by atoms with Gasteiger partial charge in [-0.3, -0.25) is 0 Å². The first-order valence-corrected chi connectivity index (χ1v) is 11.2. The molecular formula is C24H15Br2I. The van der Waals surface area contributed by atoms with Gasteiger partial charge in [-0.1, -0.05) is 68.3 Å². The van der Waals surface area contributed by atoms with Crippen molar-refractivity contribution in [1.29, 1.82) is 0 Å². The zero-order valence-electron chi connectivity index (χ0n) is 14.3. The Hall–Kier alpha value is -1.43. The lowest BCUT2D eigenvalue weighted by Crippen LogP contribution is -1.86. The average molecular weight is 590 g/mol. The summed E-state index contributed by atoms with van der Waals surface area (Å²) in [6.07, 6.45) is 0. The molecule has 0 aliphatic rings. The van der Waals surface area contributed by atoms with Gasteiger partial charge in [0.15, 0.2) is 0 Å². The largest absolute Gasteiger partial charge is 0.0533 e. The first-order valence-electron chi connectivity index (χ1n) is 8.51. The van der Waals surface area contributed by atoms with Crippen LogP contribution in [-0.4, -0.2) is 0 Å². The van der Waals surface area contributed by atoms with Crippen LogP contribution in [0.1, 0.15) is 0 Å². The van der Waals surface area contributed by atoms with Crippen LogP contribution in [-0.2, 0) is 0 Å². The number of rotatable bonds is 3. The molecule has 0 saturated heterocycles. The third kappa shape index (κ3) is 4.53. The van der Waals surface area contributed by atoms with Gasteiger partial charge in [0.1, 0.15) is 0 Å². The third-order valence-corrected chi connectivity index (χ3v) is 6.24. The molecule has 0 aliphatic heterocycles. The van der Waals surface area contributed by atoms with Crippen LogP contribution < -0.4 is 0 Å². The van der Waals surface area contributed by atoms with E-state index in [1.54, 1.807) is 0 Å². The van der Waals surface area contributed by atoms with Crippen LogP contribution in [0.15, 0.2) is 99.9 Å². The maximum atomic E-state index is 3.53. The van der Waals surface area contributed by atoms with Crippen LogP contribution in [0.25, 0.3) is 33.4 Å². The van der Waals surface area contributed by atoms with Gasteiger partial charge < -0.3 is 0 Å². The topological polar surface area (TPSA) is 0 Å². The average Bonchev–Trinajstić information content (AvgIpc) is 2.69. The van der Waals surface area contributed by atoms with Gasteiger partial charge in [0.05, 0.1) is 0 Å². The molecule has 0 aliphatic carbocycles. The highest BCUT2D eigenvalue weighted by Gasteiger charge is 2.08. The Bertz CT molecular complexity index is 913. The van der Waals surface area contributed by atoms with Crippen molar-refractivity contribution in [3.8, 4) is 33.4 Å². The molecule has 0 N–H and O–H groups in total. The summed E-state index contributed by atoms with van der Waals surface area (Å²) in [5.41, 5.74) is 7.32. The number of benzene rings is 4. The molecule has 3 heteroatoms.